The molecule has 0 aliphatic carbocycles. The Morgan fingerprint density at radius 1 is 0.875 bits per heavy atom. The van der Waals surface area contributed by atoms with E-state index in [1.54, 1.807) is 6.20 Å². The van der Waals surface area contributed by atoms with Crippen LogP contribution in [0.25, 0.3) is 0 Å². The van der Waals surface area contributed by atoms with Gasteiger partial charge in [-0.05, 0) is 49.8 Å². The summed E-state index contributed by atoms with van der Waals surface area (Å²) in [6.45, 7) is 5.38. The largest absolute Gasteiger partial charge is 0.481 e. The van der Waals surface area contributed by atoms with Gasteiger partial charge in [0.15, 0.2) is 0 Å². The van der Waals surface area contributed by atoms with Gasteiger partial charge < -0.3 is 35.1 Å². The predicted octanol–water partition coefficient (Wildman–Crippen LogP) is 4.27. The van der Waals surface area contributed by atoms with Gasteiger partial charge in [0.25, 0.3) is 0 Å². The lowest BCUT2D eigenvalue weighted by molar-refractivity contribution is -0.137. The van der Waals surface area contributed by atoms with E-state index in [1.165, 1.54) is 36.9 Å². The van der Waals surface area contributed by atoms with E-state index in [4.69, 9.17) is 34.8 Å². The average molecular weight is 561 g/mol. The SMILES string of the molecule is NCCOCCOCCOCCOc1ccccn1.O=C(O)CCCCCCCCc1ccc2c(n1)NCCC2. The number of hydrogen-bond donors (Lipinski definition) is 3. The smallest absolute Gasteiger partial charge is 0.303 e. The molecule has 2 aromatic rings. The lowest BCUT2D eigenvalue weighted by atomic mass is 10.0. The Morgan fingerprint density at radius 3 is 2.27 bits per heavy atom. The lowest BCUT2D eigenvalue weighted by Gasteiger charge is -2.17. The number of anilines is 1. The molecule has 3 rings (SSSR count). The zero-order chi connectivity index (χ0) is 28.5. The summed E-state index contributed by atoms with van der Waals surface area (Å²) in [5.74, 6) is 1.02. The van der Waals surface area contributed by atoms with Crippen LogP contribution >= 0.6 is 0 Å². The van der Waals surface area contributed by atoms with Crippen LogP contribution in [0.15, 0.2) is 36.5 Å². The Hall–Kier alpha value is -2.79. The maximum atomic E-state index is 10.4. The molecular formula is C30H48N4O6. The number of aromatic nitrogens is 2. The van der Waals surface area contributed by atoms with Crippen LogP contribution in [-0.2, 0) is 31.8 Å². The van der Waals surface area contributed by atoms with E-state index < -0.39 is 5.97 Å². The second kappa shape index (κ2) is 23.0. The zero-order valence-electron chi connectivity index (χ0n) is 23.9. The molecule has 10 nitrogen and oxygen atoms in total. The van der Waals surface area contributed by atoms with Crippen molar-refractivity contribution >= 4 is 11.8 Å². The molecule has 4 N–H and O–H groups in total. The number of carbonyl (C=O) groups is 1. The molecule has 10 heteroatoms. The average Bonchev–Trinajstić information content (AvgIpc) is 2.98. The van der Waals surface area contributed by atoms with Crippen molar-refractivity contribution in [2.75, 3.05) is 64.7 Å². The van der Waals surface area contributed by atoms with Crippen molar-refractivity contribution in [1.82, 2.24) is 9.97 Å². The molecular weight excluding hydrogens is 512 g/mol. The maximum absolute atomic E-state index is 10.4. The van der Waals surface area contributed by atoms with E-state index in [9.17, 15) is 4.79 Å². The molecule has 1 aliphatic rings. The number of carboxylic acid groups (broad SMARTS) is 1. The van der Waals surface area contributed by atoms with Gasteiger partial charge in [0.2, 0.25) is 5.88 Å². The highest BCUT2D eigenvalue weighted by molar-refractivity contribution is 5.66. The number of unbranched alkanes of at least 4 members (excludes halogenated alkanes) is 5. The van der Waals surface area contributed by atoms with Crippen LogP contribution in [0.1, 0.15) is 62.6 Å². The molecule has 40 heavy (non-hydrogen) atoms. The van der Waals surface area contributed by atoms with Crippen LogP contribution in [0.5, 0.6) is 5.88 Å². The first kappa shape index (κ1) is 33.4. The summed E-state index contributed by atoms with van der Waals surface area (Å²) >= 11 is 0. The van der Waals surface area contributed by atoms with Crippen molar-refractivity contribution < 1.29 is 28.8 Å². The van der Waals surface area contributed by atoms with E-state index >= 15 is 0 Å². The first-order valence-electron chi connectivity index (χ1n) is 14.6. The number of pyridine rings is 2. The molecule has 0 fully saturated rings. The molecule has 0 amide bonds. The van der Waals surface area contributed by atoms with Gasteiger partial charge in [0.05, 0.1) is 39.6 Å². The van der Waals surface area contributed by atoms with Gasteiger partial charge in [-0.3, -0.25) is 4.79 Å². The van der Waals surface area contributed by atoms with E-state index in [0.29, 0.717) is 65.1 Å². The second-order valence-corrected chi connectivity index (χ2v) is 9.50. The third-order valence-electron chi connectivity index (χ3n) is 6.15. The number of nitrogens with two attached hydrogens (primary N) is 1. The number of fused-ring (bicyclic) bond motifs is 1. The molecule has 0 aromatic carbocycles. The van der Waals surface area contributed by atoms with Crippen LogP contribution in [0, 0.1) is 0 Å². The van der Waals surface area contributed by atoms with Crippen molar-refractivity contribution in [3.63, 3.8) is 0 Å². The zero-order valence-corrected chi connectivity index (χ0v) is 23.9. The van der Waals surface area contributed by atoms with Crippen molar-refractivity contribution in [2.45, 2.75) is 64.2 Å². The van der Waals surface area contributed by atoms with E-state index in [0.717, 1.165) is 44.5 Å². The molecule has 0 saturated heterocycles. The number of aliphatic carboxylic acids is 1. The first-order valence-corrected chi connectivity index (χ1v) is 14.6. The van der Waals surface area contributed by atoms with E-state index in [2.05, 4.69) is 22.4 Å². The molecule has 2 aromatic heterocycles. The number of aryl methyl sites for hydroxylation is 2. The van der Waals surface area contributed by atoms with Crippen molar-refractivity contribution in [1.29, 1.82) is 0 Å². The molecule has 3 heterocycles. The minimum Gasteiger partial charge on any atom is -0.481 e. The Morgan fingerprint density at radius 2 is 1.57 bits per heavy atom. The van der Waals surface area contributed by atoms with Gasteiger partial charge in [-0.1, -0.05) is 37.8 Å². The standard InChI is InChI=1S/C17H26N2O2.C13H22N2O4/c20-16(21)10-6-4-2-1-3-5-9-15-12-11-14-8-7-13-18-17(14)19-15;14-4-6-16-7-8-17-9-10-18-11-12-19-13-3-1-2-5-15-13/h11-12H,1-10,13H2,(H,18,19)(H,20,21);1-3,5H,4,6-12,14H2. The molecule has 0 saturated carbocycles. The fraction of sp³-hybridized carbons (Fsp3) is 0.633. The predicted molar refractivity (Wildman–Crippen MR) is 156 cm³/mol. The highest BCUT2D eigenvalue weighted by Gasteiger charge is 2.10. The quantitative estimate of drug-likeness (QED) is 0.190. The summed E-state index contributed by atoms with van der Waals surface area (Å²) in [6.07, 6.45) is 12.0. The maximum Gasteiger partial charge on any atom is 0.303 e. The molecule has 0 spiro atoms. The fourth-order valence-electron chi connectivity index (χ4n) is 4.06. The Balaban J connectivity index is 0.000000282. The van der Waals surface area contributed by atoms with Gasteiger partial charge in [0.1, 0.15) is 12.4 Å². The first-order chi connectivity index (χ1) is 19.7. The van der Waals surface area contributed by atoms with Crippen LogP contribution in [0.4, 0.5) is 5.82 Å². The number of carboxylic acids is 1. The molecule has 1 aliphatic heterocycles. The number of ether oxygens (including phenoxy) is 4. The molecule has 224 valence electrons. The van der Waals surface area contributed by atoms with Gasteiger partial charge in [-0.2, -0.15) is 0 Å². The normalized spacial score (nSPS) is 12.1. The van der Waals surface area contributed by atoms with Crippen molar-refractivity contribution in [2.24, 2.45) is 5.73 Å². The van der Waals surface area contributed by atoms with Gasteiger partial charge in [0, 0.05) is 37.5 Å². The monoisotopic (exact) mass is 560 g/mol. The van der Waals surface area contributed by atoms with Gasteiger partial charge in [-0.15, -0.1) is 0 Å². The third-order valence-corrected chi connectivity index (χ3v) is 6.15. The summed E-state index contributed by atoms with van der Waals surface area (Å²) < 4.78 is 21.2. The van der Waals surface area contributed by atoms with Crippen LogP contribution < -0.4 is 15.8 Å². The van der Waals surface area contributed by atoms with Crippen molar-refractivity contribution in [3.05, 3.63) is 47.8 Å². The van der Waals surface area contributed by atoms with Crippen LogP contribution in [-0.4, -0.2) is 80.4 Å². The summed E-state index contributed by atoms with van der Waals surface area (Å²) in [6, 6.07) is 9.92. The van der Waals surface area contributed by atoms with Crippen molar-refractivity contribution in [3.8, 4) is 5.88 Å². The number of nitrogens with one attached hydrogen (secondary N) is 1. The topological polar surface area (TPSA) is 138 Å². The van der Waals surface area contributed by atoms with E-state index in [-0.39, 0.29) is 0 Å². The summed E-state index contributed by atoms with van der Waals surface area (Å²) in [7, 11) is 0. The van der Waals surface area contributed by atoms with E-state index in [1.807, 2.05) is 18.2 Å². The minimum absolute atomic E-state index is 0.312. The third kappa shape index (κ3) is 17.0. The molecule has 0 unspecified atom stereocenters. The van der Waals surface area contributed by atoms with Gasteiger partial charge >= 0.3 is 5.97 Å². The number of hydrogen-bond acceptors (Lipinski definition) is 9. The lowest BCUT2D eigenvalue weighted by Crippen LogP contribution is -2.14. The van der Waals surface area contributed by atoms with Gasteiger partial charge in [-0.25, -0.2) is 9.97 Å². The number of nitrogens with zero attached hydrogens (tertiary/aromatic N) is 2. The number of rotatable bonds is 21. The highest BCUT2D eigenvalue weighted by atomic mass is 16.6. The minimum atomic E-state index is -0.679. The molecule has 0 bridgehead atoms. The summed E-state index contributed by atoms with van der Waals surface area (Å²) in [5.41, 5.74) is 7.82. The Labute approximate surface area is 239 Å². The Bertz CT molecular complexity index is 903. The summed E-state index contributed by atoms with van der Waals surface area (Å²) in [4.78, 5) is 19.1. The second-order valence-electron chi connectivity index (χ2n) is 9.50. The summed E-state index contributed by atoms with van der Waals surface area (Å²) in [5, 5.41) is 11.9. The molecule has 0 radical (unpaired) electrons. The van der Waals surface area contributed by atoms with Crippen LogP contribution in [0.3, 0.4) is 0 Å². The molecule has 0 atom stereocenters. The Kier molecular flexibility index (Phi) is 19.2. The van der Waals surface area contributed by atoms with Crippen LogP contribution in [0.2, 0.25) is 0 Å². The highest BCUT2D eigenvalue weighted by Crippen LogP contribution is 2.20. The fourth-order valence-corrected chi connectivity index (χ4v) is 4.06.